The highest BCUT2D eigenvalue weighted by atomic mass is 35.5. The van der Waals surface area contributed by atoms with E-state index in [0.29, 0.717) is 23.6 Å². The highest BCUT2D eigenvalue weighted by Gasteiger charge is 2.20. The number of carbonyl (C=O) groups excluding carboxylic acids is 1. The predicted octanol–water partition coefficient (Wildman–Crippen LogP) is 1.99. The molecule has 1 N–H and O–H groups in total. The Morgan fingerprint density at radius 3 is 2.44 bits per heavy atom. The van der Waals surface area contributed by atoms with E-state index in [1.54, 1.807) is 24.3 Å². The van der Waals surface area contributed by atoms with Gasteiger partial charge in [-0.1, -0.05) is 25.4 Å². The zero-order chi connectivity index (χ0) is 18.6. The van der Waals surface area contributed by atoms with E-state index in [4.69, 9.17) is 11.6 Å². The number of hydrogen-bond donors (Lipinski definition) is 1. The number of benzene rings is 1. The SMILES string of the molecule is CCCn1c(=O)c(C(=O)N[C@@H](C)CC)nn(-c2ccc(Cl)cc2)c1=O. The van der Waals surface area contributed by atoms with Gasteiger partial charge in [-0.3, -0.25) is 14.2 Å². The molecule has 1 amide bonds. The first-order valence-electron chi connectivity index (χ1n) is 8.20. The summed E-state index contributed by atoms with van der Waals surface area (Å²) in [4.78, 5) is 37.6. The third kappa shape index (κ3) is 4.17. The van der Waals surface area contributed by atoms with E-state index in [1.165, 1.54) is 0 Å². The number of rotatable bonds is 6. The largest absolute Gasteiger partial charge is 0.352 e. The van der Waals surface area contributed by atoms with Crippen molar-refractivity contribution >= 4 is 17.5 Å². The Labute approximate surface area is 150 Å². The van der Waals surface area contributed by atoms with Crippen molar-refractivity contribution in [2.75, 3.05) is 0 Å². The Kier molecular flexibility index (Phi) is 6.14. The third-order valence-electron chi connectivity index (χ3n) is 3.78. The van der Waals surface area contributed by atoms with Gasteiger partial charge in [-0.25, -0.2) is 4.79 Å². The van der Waals surface area contributed by atoms with E-state index in [0.717, 1.165) is 9.25 Å². The summed E-state index contributed by atoms with van der Waals surface area (Å²) >= 11 is 5.87. The Balaban J connectivity index is 2.64. The molecular formula is C17H21ClN4O3. The standard InChI is InChI=1S/C17H21ClN4O3/c1-4-10-21-16(24)14(15(23)19-11(3)5-2)20-22(17(21)25)13-8-6-12(18)7-9-13/h6-9,11H,4-5,10H2,1-3H3,(H,19,23)/t11-/m0/s1. The topological polar surface area (TPSA) is 86.0 Å². The van der Waals surface area contributed by atoms with Gasteiger partial charge in [0.15, 0.2) is 0 Å². The monoisotopic (exact) mass is 364 g/mol. The van der Waals surface area contributed by atoms with E-state index in [1.807, 2.05) is 20.8 Å². The first kappa shape index (κ1) is 18.9. The molecule has 7 nitrogen and oxygen atoms in total. The molecule has 0 saturated heterocycles. The summed E-state index contributed by atoms with van der Waals surface area (Å²) in [6, 6.07) is 6.32. The Hall–Kier alpha value is -2.41. The van der Waals surface area contributed by atoms with Crippen LogP contribution in [0, 0.1) is 0 Å². The lowest BCUT2D eigenvalue weighted by molar-refractivity contribution is 0.0929. The summed E-state index contributed by atoms with van der Waals surface area (Å²) in [6.45, 7) is 5.80. The molecule has 2 aromatic rings. The molecule has 1 atom stereocenters. The van der Waals surface area contributed by atoms with Crippen LogP contribution in [0.4, 0.5) is 0 Å². The molecule has 0 aliphatic carbocycles. The average Bonchev–Trinajstić information content (AvgIpc) is 2.59. The summed E-state index contributed by atoms with van der Waals surface area (Å²) in [5.41, 5.74) is -1.15. The lowest BCUT2D eigenvalue weighted by atomic mass is 10.2. The summed E-state index contributed by atoms with van der Waals surface area (Å²) < 4.78 is 2.09. The molecule has 1 heterocycles. The molecule has 0 aliphatic heterocycles. The minimum atomic E-state index is -0.683. The molecule has 0 unspecified atom stereocenters. The number of halogens is 1. The van der Waals surface area contributed by atoms with Crippen LogP contribution in [-0.4, -0.2) is 26.3 Å². The van der Waals surface area contributed by atoms with Crippen molar-refractivity contribution in [3.8, 4) is 5.69 Å². The minimum absolute atomic E-state index is 0.107. The van der Waals surface area contributed by atoms with E-state index >= 15 is 0 Å². The number of aromatic nitrogens is 3. The highest BCUT2D eigenvalue weighted by Crippen LogP contribution is 2.11. The van der Waals surface area contributed by atoms with Gasteiger partial charge in [0.1, 0.15) is 0 Å². The van der Waals surface area contributed by atoms with Crippen LogP contribution in [-0.2, 0) is 6.54 Å². The van der Waals surface area contributed by atoms with E-state index in [9.17, 15) is 14.4 Å². The van der Waals surface area contributed by atoms with Crippen molar-refractivity contribution < 1.29 is 4.79 Å². The lowest BCUT2D eigenvalue weighted by Gasteiger charge is -2.14. The van der Waals surface area contributed by atoms with Crippen molar-refractivity contribution in [3.05, 3.63) is 55.8 Å². The van der Waals surface area contributed by atoms with Crippen LogP contribution in [0.2, 0.25) is 5.02 Å². The zero-order valence-electron chi connectivity index (χ0n) is 14.5. The fourth-order valence-corrected chi connectivity index (χ4v) is 2.35. The van der Waals surface area contributed by atoms with Crippen molar-refractivity contribution in [2.24, 2.45) is 0 Å². The molecule has 0 fully saturated rings. The number of carbonyl (C=O) groups is 1. The normalized spacial score (nSPS) is 12.0. The molecule has 0 spiro atoms. The smallest absolute Gasteiger partial charge is 0.348 e. The summed E-state index contributed by atoms with van der Waals surface area (Å²) in [7, 11) is 0. The number of nitrogens with one attached hydrogen (secondary N) is 1. The van der Waals surface area contributed by atoms with Gasteiger partial charge in [-0.15, -0.1) is 0 Å². The van der Waals surface area contributed by atoms with Crippen LogP contribution < -0.4 is 16.6 Å². The number of hydrogen-bond acceptors (Lipinski definition) is 4. The van der Waals surface area contributed by atoms with Gasteiger partial charge in [0, 0.05) is 17.6 Å². The molecule has 0 aliphatic rings. The fraction of sp³-hybridized carbons (Fsp3) is 0.412. The zero-order valence-corrected chi connectivity index (χ0v) is 15.2. The third-order valence-corrected chi connectivity index (χ3v) is 4.04. The van der Waals surface area contributed by atoms with E-state index in [-0.39, 0.29) is 18.3 Å². The molecule has 8 heteroatoms. The van der Waals surface area contributed by atoms with Crippen LogP contribution in [0.1, 0.15) is 44.1 Å². The van der Waals surface area contributed by atoms with Crippen molar-refractivity contribution in [1.82, 2.24) is 19.7 Å². The second-order valence-electron chi connectivity index (χ2n) is 5.76. The van der Waals surface area contributed by atoms with E-state index < -0.39 is 17.2 Å². The quantitative estimate of drug-likeness (QED) is 0.849. The minimum Gasteiger partial charge on any atom is -0.348 e. The predicted molar refractivity (Wildman–Crippen MR) is 96.6 cm³/mol. The Morgan fingerprint density at radius 2 is 1.88 bits per heavy atom. The number of nitrogens with zero attached hydrogens (tertiary/aromatic N) is 3. The van der Waals surface area contributed by atoms with Crippen molar-refractivity contribution in [3.63, 3.8) is 0 Å². The molecule has 1 aromatic heterocycles. The van der Waals surface area contributed by atoms with Crippen LogP contribution in [0.25, 0.3) is 5.69 Å². The molecule has 25 heavy (non-hydrogen) atoms. The highest BCUT2D eigenvalue weighted by molar-refractivity contribution is 6.30. The maximum absolute atomic E-state index is 12.6. The van der Waals surface area contributed by atoms with Crippen LogP contribution >= 0.6 is 11.6 Å². The van der Waals surface area contributed by atoms with Gasteiger partial charge in [0.2, 0.25) is 5.69 Å². The van der Waals surface area contributed by atoms with Crippen LogP contribution in [0.3, 0.4) is 0 Å². The molecule has 2 rings (SSSR count). The maximum atomic E-state index is 12.6. The number of amides is 1. The Morgan fingerprint density at radius 1 is 1.24 bits per heavy atom. The summed E-state index contributed by atoms with van der Waals surface area (Å²) in [6.07, 6.45) is 1.29. The van der Waals surface area contributed by atoms with Gasteiger partial charge < -0.3 is 5.32 Å². The molecule has 0 bridgehead atoms. The first-order valence-corrected chi connectivity index (χ1v) is 8.57. The van der Waals surface area contributed by atoms with E-state index in [2.05, 4.69) is 10.4 Å². The Bertz CT molecular complexity index is 871. The van der Waals surface area contributed by atoms with Gasteiger partial charge >= 0.3 is 5.69 Å². The second-order valence-corrected chi connectivity index (χ2v) is 6.20. The van der Waals surface area contributed by atoms with Crippen molar-refractivity contribution in [2.45, 2.75) is 46.2 Å². The van der Waals surface area contributed by atoms with Gasteiger partial charge in [-0.05, 0) is 44.0 Å². The van der Waals surface area contributed by atoms with Crippen molar-refractivity contribution in [1.29, 1.82) is 0 Å². The van der Waals surface area contributed by atoms with Crippen LogP contribution in [0.5, 0.6) is 0 Å². The summed E-state index contributed by atoms with van der Waals surface area (Å²) in [5, 5.41) is 7.24. The maximum Gasteiger partial charge on any atom is 0.352 e. The molecular weight excluding hydrogens is 344 g/mol. The lowest BCUT2D eigenvalue weighted by Crippen LogP contribution is -2.46. The second kappa shape index (κ2) is 8.11. The fourth-order valence-electron chi connectivity index (χ4n) is 2.22. The van der Waals surface area contributed by atoms with Gasteiger partial charge in [0.05, 0.1) is 5.69 Å². The van der Waals surface area contributed by atoms with Gasteiger partial charge in [0.25, 0.3) is 11.5 Å². The average molecular weight is 365 g/mol. The van der Waals surface area contributed by atoms with Gasteiger partial charge in [-0.2, -0.15) is 9.78 Å². The molecule has 134 valence electrons. The molecule has 0 radical (unpaired) electrons. The summed E-state index contributed by atoms with van der Waals surface area (Å²) in [5.74, 6) is -0.591. The molecule has 0 saturated carbocycles. The molecule has 1 aromatic carbocycles. The first-order chi connectivity index (χ1) is 11.9. The van der Waals surface area contributed by atoms with Crippen LogP contribution in [0.15, 0.2) is 33.9 Å².